The number of ether oxygens (including phenoxy) is 1. The molecule has 3 heterocycles. The van der Waals surface area contributed by atoms with E-state index in [1.54, 1.807) is 6.92 Å². The van der Waals surface area contributed by atoms with E-state index in [2.05, 4.69) is 20.6 Å². The molecule has 0 radical (unpaired) electrons. The lowest BCUT2D eigenvalue weighted by molar-refractivity contribution is -0.0370. The average molecular weight is 441 g/mol. The number of benzene rings is 1. The smallest absolute Gasteiger partial charge is 0.181 e. The van der Waals surface area contributed by atoms with Crippen LogP contribution in [0.3, 0.4) is 0 Å². The monoisotopic (exact) mass is 440 g/mol. The van der Waals surface area contributed by atoms with Gasteiger partial charge in [-0.2, -0.15) is 5.10 Å². The van der Waals surface area contributed by atoms with Gasteiger partial charge < -0.3 is 25.6 Å². The van der Waals surface area contributed by atoms with Crippen molar-refractivity contribution in [3.8, 4) is 11.3 Å². The van der Waals surface area contributed by atoms with Gasteiger partial charge in [0.25, 0.3) is 0 Å². The van der Waals surface area contributed by atoms with Crippen molar-refractivity contribution in [3.05, 3.63) is 36.7 Å². The van der Waals surface area contributed by atoms with Crippen molar-refractivity contribution in [2.45, 2.75) is 50.3 Å². The fourth-order valence-electron chi connectivity index (χ4n) is 3.78. The van der Waals surface area contributed by atoms with Crippen LogP contribution in [0.2, 0.25) is 0 Å². The van der Waals surface area contributed by atoms with Gasteiger partial charge in [0.1, 0.15) is 30.0 Å². The summed E-state index contributed by atoms with van der Waals surface area (Å²) >= 11 is 5.43. The van der Waals surface area contributed by atoms with Crippen molar-refractivity contribution >= 4 is 34.1 Å². The fourth-order valence-corrected chi connectivity index (χ4v) is 4.02. The Morgan fingerprint density at radius 1 is 1.19 bits per heavy atom. The largest absolute Gasteiger partial charge is 0.388 e. The zero-order valence-corrected chi connectivity index (χ0v) is 17.8. The molecule has 1 saturated heterocycles. The third-order valence-corrected chi connectivity index (χ3v) is 5.88. The van der Waals surface area contributed by atoms with Gasteiger partial charge in [0, 0.05) is 11.6 Å². The number of aliphatic hydroxyl groups excluding tert-OH is 2. The third kappa shape index (κ3) is 3.87. The van der Waals surface area contributed by atoms with Gasteiger partial charge >= 0.3 is 0 Å². The third-order valence-electron chi connectivity index (χ3n) is 5.61. The molecule has 5 rings (SSSR count). The molecule has 0 amide bonds. The minimum atomic E-state index is -1.12. The van der Waals surface area contributed by atoms with Crippen LogP contribution >= 0.6 is 12.2 Å². The summed E-state index contributed by atoms with van der Waals surface area (Å²) in [6, 6.07) is 10.2. The molecule has 1 aliphatic carbocycles. The van der Waals surface area contributed by atoms with Crippen molar-refractivity contribution in [2.75, 3.05) is 11.9 Å². The molecule has 1 aliphatic heterocycles. The Morgan fingerprint density at radius 3 is 2.65 bits per heavy atom. The Balaban J connectivity index is 1.57. The average Bonchev–Trinajstić information content (AvgIpc) is 3.46. The van der Waals surface area contributed by atoms with Gasteiger partial charge in [0.15, 0.2) is 11.9 Å². The first kappa shape index (κ1) is 20.3. The van der Waals surface area contributed by atoms with Crippen molar-refractivity contribution in [1.29, 1.82) is 0 Å². The minimum Gasteiger partial charge on any atom is -0.388 e. The normalized spacial score (nSPS) is 25.6. The highest BCUT2D eigenvalue weighted by molar-refractivity contribution is 7.80. The van der Waals surface area contributed by atoms with Gasteiger partial charge in [-0.05, 0) is 19.8 Å². The SMILES string of the molecule is C[C@H]1O[C@@H](n2nc(-c3ccccc3)c3c(NCC(=S)NC4CC4)ncnc32)[C@H](O)[C@@H]1O. The predicted molar refractivity (Wildman–Crippen MR) is 120 cm³/mol. The van der Waals surface area contributed by atoms with E-state index in [4.69, 9.17) is 22.1 Å². The lowest BCUT2D eigenvalue weighted by atomic mass is 10.1. The number of anilines is 1. The summed E-state index contributed by atoms with van der Waals surface area (Å²) in [5, 5.41) is 32.8. The highest BCUT2D eigenvalue weighted by Gasteiger charge is 2.43. The van der Waals surface area contributed by atoms with Crippen molar-refractivity contribution in [2.24, 2.45) is 0 Å². The molecule has 162 valence electrons. The number of nitrogens with zero attached hydrogens (tertiary/aromatic N) is 4. The van der Waals surface area contributed by atoms with Crippen LogP contribution in [-0.4, -0.2) is 65.8 Å². The first-order chi connectivity index (χ1) is 15.0. The highest BCUT2D eigenvalue weighted by atomic mass is 32.1. The summed E-state index contributed by atoms with van der Waals surface area (Å²) in [6.45, 7) is 2.16. The number of rotatable bonds is 6. The second-order valence-electron chi connectivity index (χ2n) is 7.99. The summed E-state index contributed by atoms with van der Waals surface area (Å²) in [7, 11) is 0. The maximum absolute atomic E-state index is 10.5. The summed E-state index contributed by atoms with van der Waals surface area (Å²) in [5.74, 6) is 0.594. The van der Waals surface area contributed by atoms with Crippen molar-refractivity contribution in [1.82, 2.24) is 25.1 Å². The summed E-state index contributed by atoms with van der Waals surface area (Å²) < 4.78 is 7.34. The number of nitrogens with one attached hydrogen (secondary N) is 2. The summed E-state index contributed by atoms with van der Waals surface area (Å²) in [4.78, 5) is 9.59. The van der Waals surface area contributed by atoms with Crippen LogP contribution in [0, 0.1) is 0 Å². The molecule has 3 aromatic rings. The molecule has 2 fully saturated rings. The first-order valence-corrected chi connectivity index (χ1v) is 10.8. The molecule has 9 nitrogen and oxygen atoms in total. The van der Waals surface area contributed by atoms with E-state index in [0.29, 0.717) is 35.1 Å². The number of aromatic nitrogens is 4. The van der Waals surface area contributed by atoms with Crippen LogP contribution in [-0.2, 0) is 4.74 Å². The maximum Gasteiger partial charge on any atom is 0.181 e. The summed E-state index contributed by atoms with van der Waals surface area (Å²) in [5.41, 5.74) is 2.04. The first-order valence-electron chi connectivity index (χ1n) is 10.4. The van der Waals surface area contributed by atoms with Gasteiger partial charge in [0.05, 0.1) is 23.0 Å². The van der Waals surface area contributed by atoms with Gasteiger partial charge in [-0.15, -0.1) is 0 Å². The molecule has 0 bridgehead atoms. The van der Waals surface area contributed by atoms with Crippen LogP contribution in [0.15, 0.2) is 36.7 Å². The molecule has 4 N–H and O–H groups in total. The second kappa shape index (κ2) is 8.12. The standard InChI is InChI=1S/C21H24N6O3S/c1-11-17(28)18(29)21(30-11)27-20-15(16(26-27)12-5-3-2-4-6-12)19(23-10-24-20)22-9-14(31)25-13-7-8-13/h2-6,10-11,13,17-18,21,28-29H,7-9H2,1H3,(H,25,31)(H,22,23,24)/t11-,17-,18-,21-/m1/s1. The zero-order valence-electron chi connectivity index (χ0n) is 17.0. The van der Waals surface area contributed by atoms with Gasteiger partial charge in [-0.1, -0.05) is 42.5 Å². The summed E-state index contributed by atoms with van der Waals surface area (Å²) in [6.07, 6.45) is 0.234. The van der Waals surface area contributed by atoms with Gasteiger partial charge in [0.2, 0.25) is 0 Å². The van der Waals surface area contributed by atoms with E-state index in [-0.39, 0.29) is 0 Å². The Labute approximate surface area is 184 Å². The topological polar surface area (TPSA) is 117 Å². The number of thiocarbonyl (C=S) groups is 1. The lowest BCUT2D eigenvalue weighted by Crippen LogP contribution is -2.30. The van der Waals surface area contributed by atoms with Crippen molar-refractivity contribution < 1.29 is 14.9 Å². The Bertz CT molecular complexity index is 1100. The number of hydrogen-bond acceptors (Lipinski definition) is 8. The number of aliphatic hydroxyl groups is 2. The molecule has 10 heteroatoms. The molecule has 1 aromatic carbocycles. The number of fused-ring (bicyclic) bond motifs is 1. The predicted octanol–water partition coefficient (Wildman–Crippen LogP) is 1.62. The van der Waals surface area contributed by atoms with Crippen LogP contribution in [0.1, 0.15) is 26.0 Å². The quantitative estimate of drug-likeness (QED) is 0.424. The lowest BCUT2D eigenvalue weighted by Gasteiger charge is -2.15. The van der Waals surface area contributed by atoms with Gasteiger partial charge in [-0.3, -0.25) is 0 Å². The van der Waals surface area contributed by atoms with E-state index in [1.807, 2.05) is 30.3 Å². The molecule has 0 unspecified atom stereocenters. The van der Waals surface area contributed by atoms with Gasteiger partial charge in [-0.25, -0.2) is 14.6 Å². The van der Waals surface area contributed by atoms with Crippen LogP contribution < -0.4 is 10.6 Å². The minimum absolute atomic E-state index is 0.440. The van der Waals surface area contributed by atoms with E-state index in [1.165, 1.54) is 11.0 Å². The molecule has 0 spiro atoms. The number of hydrogen-bond donors (Lipinski definition) is 4. The molecular formula is C21H24N6O3S. The molecule has 2 aliphatic rings. The molecule has 4 atom stereocenters. The van der Waals surface area contributed by atoms with E-state index in [9.17, 15) is 10.2 Å². The van der Waals surface area contributed by atoms with E-state index < -0.39 is 24.5 Å². The molecule has 2 aromatic heterocycles. The maximum atomic E-state index is 10.5. The Hall–Kier alpha value is -2.66. The Kier molecular flexibility index (Phi) is 5.30. The Morgan fingerprint density at radius 2 is 1.97 bits per heavy atom. The second-order valence-corrected chi connectivity index (χ2v) is 8.48. The van der Waals surface area contributed by atoms with E-state index in [0.717, 1.165) is 23.4 Å². The van der Waals surface area contributed by atoms with Crippen LogP contribution in [0.25, 0.3) is 22.3 Å². The van der Waals surface area contributed by atoms with Crippen molar-refractivity contribution in [3.63, 3.8) is 0 Å². The van der Waals surface area contributed by atoms with Crippen LogP contribution in [0.5, 0.6) is 0 Å². The molecular weight excluding hydrogens is 416 g/mol. The highest BCUT2D eigenvalue weighted by Crippen LogP contribution is 2.36. The molecule has 31 heavy (non-hydrogen) atoms. The fraction of sp³-hybridized carbons (Fsp3) is 0.429. The molecule has 1 saturated carbocycles. The zero-order chi connectivity index (χ0) is 21.5. The van der Waals surface area contributed by atoms with E-state index >= 15 is 0 Å². The van der Waals surface area contributed by atoms with Crippen LogP contribution in [0.4, 0.5) is 5.82 Å².